The third-order valence-corrected chi connectivity index (χ3v) is 3.27. The molecule has 1 heterocycles. The highest BCUT2D eigenvalue weighted by Crippen LogP contribution is 2.19. The van der Waals surface area contributed by atoms with Crippen molar-refractivity contribution in [2.75, 3.05) is 32.8 Å². The number of carboxylic acid groups (broad SMARTS) is 2. The van der Waals surface area contributed by atoms with Gasteiger partial charge in [-0.2, -0.15) is 0 Å². The standard InChI is InChI=1S/C14H23NO5/c1-10(2)9-12(14(18)19)11(13(16)17)3-4-15-5-7-20-8-6-15/h10H,3-9H2,1-2H3,(H,16,17)(H,18,19). The molecule has 1 fully saturated rings. The molecule has 0 spiro atoms. The lowest BCUT2D eigenvalue weighted by molar-refractivity contribution is -0.136. The van der Waals surface area contributed by atoms with Gasteiger partial charge in [0.25, 0.3) is 0 Å². The smallest absolute Gasteiger partial charge is 0.332 e. The fourth-order valence-electron chi connectivity index (χ4n) is 2.23. The number of ether oxygens (including phenoxy) is 1. The molecule has 1 saturated heterocycles. The number of nitrogens with zero attached hydrogens (tertiary/aromatic N) is 1. The topological polar surface area (TPSA) is 87.1 Å². The highest BCUT2D eigenvalue weighted by Gasteiger charge is 2.22. The monoisotopic (exact) mass is 285 g/mol. The van der Waals surface area contributed by atoms with Gasteiger partial charge in [-0.3, -0.25) is 4.90 Å². The van der Waals surface area contributed by atoms with Gasteiger partial charge >= 0.3 is 11.9 Å². The molecule has 114 valence electrons. The van der Waals surface area contributed by atoms with Gasteiger partial charge in [-0.05, 0) is 18.8 Å². The van der Waals surface area contributed by atoms with E-state index in [9.17, 15) is 19.8 Å². The van der Waals surface area contributed by atoms with Crippen LogP contribution in [0.1, 0.15) is 26.7 Å². The van der Waals surface area contributed by atoms with Crippen molar-refractivity contribution in [3.05, 3.63) is 11.1 Å². The Bertz CT molecular complexity index is 383. The number of rotatable bonds is 7. The number of morpholine rings is 1. The lowest BCUT2D eigenvalue weighted by Gasteiger charge is -2.26. The van der Waals surface area contributed by atoms with E-state index in [0.29, 0.717) is 19.8 Å². The number of aliphatic carboxylic acids is 2. The first kappa shape index (κ1) is 16.7. The Hall–Kier alpha value is -1.40. The average molecular weight is 285 g/mol. The Morgan fingerprint density at radius 1 is 1.10 bits per heavy atom. The highest BCUT2D eigenvalue weighted by molar-refractivity contribution is 5.98. The van der Waals surface area contributed by atoms with Gasteiger partial charge in [-0.25, -0.2) is 9.59 Å². The number of hydrogen-bond acceptors (Lipinski definition) is 4. The predicted molar refractivity (Wildman–Crippen MR) is 73.6 cm³/mol. The summed E-state index contributed by atoms with van der Waals surface area (Å²) in [7, 11) is 0. The van der Waals surface area contributed by atoms with Crippen molar-refractivity contribution in [2.45, 2.75) is 26.7 Å². The van der Waals surface area contributed by atoms with E-state index in [1.54, 1.807) is 0 Å². The maximum Gasteiger partial charge on any atom is 0.332 e. The largest absolute Gasteiger partial charge is 0.478 e. The summed E-state index contributed by atoms with van der Waals surface area (Å²) in [4.78, 5) is 24.7. The molecule has 0 saturated carbocycles. The first-order valence-corrected chi connectivity index (χ1v) is 6.90. The Morgan fingerprint density at radius 2 is 1.65 bits per heavy atom. The lowest BCUT2D eigenvalue weighted by Crippen LogP contribution is -2.37. The van der Waals surface area contributed by atoms with E-state index in [-0.39, 0.29) is 29.9 Å². The first-order valence-electron chi connectivity index (χ1n) is 6.90. The molecule has 0 atom stereocenters. The van der Waals surface area contributed by atoms with Crippen molar-refractivity contribution >= 4 is 11.9 Å². The quantitative estimate of drug-likeness (QED) is 0.684. The van der Waals surface area contributed by atoms with Crippen LogP contribution in [0.5, 0.6) is 0 Å². The molecule has 6 nitrogen and oxygen atoms in total. The fraction of sp³-hybridized carbons (Fsp3) is 0.714. The van der Waals surface area contributed by atoms with Crippen molar-refractivity contribution in [3.8, 4) is 0 Å². The van der Waals surface area contributed by atoms with E-state index in [4.69, 9.17) is 4.74 Å². The summed E-state index contributed by atoms with van der Waals surface area (Å²) >= 11 is 0. The van der Waals surface area contributed by atoms with Crippen LogP contribution in [0.15, 0.2) is 11.1 Å². The third kappa shape index (κ3) is 5.30. The molecule has 1 aliphatic heterocycles. The van der Waals surface area contributed by atoms with Crippen LogP contribution >= 0.6 is 0 Å². The number of hydrogen-bond donors (Lipinski definition) is 2. The summed E-state index contributed by atoms with van der Waals surface area (Å²) in [5.74, 6) is -2.15. The molecule has 0 unspecified atom stereocenters. The first-order chi connectivity index (χ1) is 9.41. The van der Waals surface area contributed by atoms with E-state index in [0.717, 1.165) is 13.1 Å². The molecule has 0 aromatic rings. The van der Waals surface area contributed by atoms with E-state index in [1.807, 2.05) is 13.8 Å². The summed E-state index contributed by atoms with van der Waals surface area (Å²) in [5, 5.41) is 18.5. The molecular formula is C14H23NO5. The van der Waals surface area contributed by atoms with Crippen molar-refractivity contribution in [2.24, 2.45) is 5.92 Å². The molecule has 0 aromatic heterocycles. The highest BCUT2D eigenvalue weighted by atomic mass is 16.5. The van der Waals surface area contributed by atoms with Crippen LogP contribution in [0, 0.1) is 5.92 Å². The molecule has 2 N–H and O–H groups in total. The number of carbonyl (C=O) groups is 2. The van der Waals surface area contributed by atoms with Gasteiger partial charge in [0.05, 0.1) is 13.2 Å². The molecule has 0 aromatic carbocycles. The normalized spacial score (nSPS) is 17.9. The summed E-state index contributed by atoms with van der Waals surface area (Å²) in [6, 6.07) is 0. The molecule has 1 aliphatic rings. The molecule has 0 aliphatic carbocycles. The Balaban J connectivity index is 2.78. The molecule has 0 amide bonds. The average Bonchev–Trinajstić information content (AvgIpc) is 2.38. The lowest BCUT2D eigenvalue weighted by atomic mass is 9.96. The van der Waals surface area contributed by atoms with E-state index >= 15 is 0 Å². The van der Waals surface area contributed by atoms with Crippen LogP contribution in [0.25, 0.3) is 0 Å². The van der Waals surface area contributed by atoms with Crippen LogP contribution in [-0.4, -0.2) is 59.9 Å². The van der Waals surface area contributed by atoms with Crippen molar-refractivity contribution in [1.82, 2.24) is 4.90 Å². The minimum Gasteiger partial charge on any atom is -0.478 e. The van der Waals surface area contributed by atoms with Crippen molar-refractivity contribution in [3.63, 3.8) is 0 Å². The van der Waals surface area contributed by atoms with E-state index < -0.39 is 11.9 Å². The van der Waals surface area contributed by atoms with Crippen LogP contribution in [-0.2, 0) is 14.3 Å². The van der Waals surface area contributed by atoms with E-state index in [2.05, 4.69) is 4.90 Å². The molecule has 0 bridgehead atoms. The maximum atomic E-state index is 11.3. The Kier molecular flexibility index (Phi) is 6.67. The van der Waals surface area contributed by atoms with Gasteiger partial charge in [-0.1, -0.05) is 13.8 Å². The SMILES string of the molecule is CC(C)CC(C(=O)O)=C(CCN1CCOCC1)C(=O)O. The van der Waals surface area contributed by atoms with Crippen LogP contribution in [0.2, 0.25) is 0 Å². The van der Waals surface area contributed by atoms with Gasteiger partial charge in [0.1, 0.15) is 0 Å². The van der Waals surface area contributed by atoms with Crippen LogP contribution < -0.4 is 0 Å². The summed E-state index contributed by atoms with van der Waals surface area (Å²) in [6.07, 6.45) is 0.532. The Morgan fingerprint density at radius 3 is 2.10 bits per heavy atom. The zero-order valence-corrected chi connectivity index (χ0v) is 12.1. The van der Waals surface area contributed by atoms with Crippen LogP contribution in [0.3, 0.4) is 0 Å². The predicted octanol–water partition coefficient (Wildman–Crippen LogP) is 1.22. The van der Waals surface area contributed by atoms with Gasteiger partial charge in [0, 0.05) is 30.8 Å². The minimum absolute atomic E-state index is 0.0256. The zero-order valence-electron chi connectivity index (χ0n) is 12.1. The second-order valence-corrected chi connectivity index (χ2v) is 5.37. The fourth-order valence-corrected chi connectivity index (χ4v) is 2.23. The second kappa shape index (κ2) is 8.01. The molecule has 0 radical (unpaired) electrons. The molecule has 6 heteroatoms. The van der Waals surface area contributed by atoms with Crippen molar-refractivity contribution in [1.29, 1.82) is 0 Å². The summed E-state index contributed by atoms with van der Waals surface area (Å²) in [5.41, 5.74) is 0.0541. The summed E-state index contributed by atoms with van der Waals surface area (Å²) in [6.45, 7) is 7.13. The maximum absolute atomic E-state index is 11.3. The molecular weight excluding hydrogens is 262 g/mol. The number of carboxylic acids is 2. The van der Waals surface area contributed by atoms with Crippen molar-refractivity contribution < 1.29 is 24.5 Å². The molecule has 1 rings (SSSR count). The van der Waals surface area contributed by atoms with Gasteiger partial charge < -0.3 is 14.9 Å². The molecule has 20 heavy (non-hydrogen) atoms. The minimum atomic E-state index is -1.13. The second-order valence-electron chi connectivity index (χ2n) is 5.37. The van der Waals surface area contributed by atoms with Crippen LogP contribution in [0.4, 0.5) is 0 Å². The van der Waals surface area contributed by atoms with Gasteiger partial charge in [-0.15, -0.1) is 0 Å². The Labute approximate surface area is 119 Å². The summed E-state index contributed by atoms with van der Waals surface area (Å²) < 4.78 is 5.23. The van der Waals surface area contributed by atoms with Gasteiger partial charge in [0.15, 0.2) is 0 Å². The third-order valence-electron chi connectivity index (χ3n) is 3.27. The zero-order chi connectivity index (χ0) is 15.1. The van der Waals surface area contributed by atoms with Gasteiger partial charge in [0.2, 0.25) is 0 Å². The van der Waals surface area contributed by atoms with E-state index in [1.165, 1.54) is 0 Å².